The molecule has 0 aromatic carbocycles. The van der Waals surface area contributed by atoms with Crippen LogP contribution in [0.25, 0.3) is 0 Å². The van der Waals surface area contributed by atoms with Crippen LogP contribution in [0.1, 0.15) is 25.7 Å². The molecule has 1 atom stereocenters. The van der Waals surface area contributed by atoms with Gasteiger partial charge in [0.15, 0.2) is 0 Å². The smallest absolute Gasteiger partial charge is 0.0506 e. The Hall–Kier alpha value is -0.600. The zero-order valence-corrected chi connectivity index (χ0v) is 8.78. The molecule has 0 aromatic heterocycles. The fourth-order valence-corrected chi connectivity index (χ4v) is 2.33. The molecule has 1 aliphatic carbocycles. The third kappa shape index (κ3) is 2.46. The van der Waals surface area contributed by atoms with Crippen LogP contribution in [0.15, 0.2) is 24.3 Å². The van der Waals surface area contributed by atoms with Crippen LogP contribution >= 0.6 is 0 Å². The maximum atomic E-state index is 6.31. The van der Waals surface area contributed by atoms with Crippen molar-refractivity contribution in [1.82, 2.24) is 4.90 Å². The summed E-state index contributed by atoms with van der Waals surface area (Å²) < 4.78 is 0. The quantitative estimate of drug-likeness (QED) is 0.721. The lowest BCUT2D eigenvalue weighted by Gasteiger charge is -2.35. The molecule has 2 heteroatoms. The molecule has 0 amide bonds. The Bertz CT molecular complexity index is 239. The Labute approximate surface area is 86.5 Å². The predicted octanol–water partition coefficient (Wildman–Crippen LogP) is 1.69. The Morgan fingerprint density at radius 3 is 2.57 bits per heavy atom. The standard InChI is InChI=1S/C12H20N2/c13-12(7-3-1-4-8-12)11-14-9-5-2-6-10-14/h1,3-4,7H,2,5-6,8-11,13H2. The van der Waals surface area contributed by atoms with Gasteiger partial charge in [0.25, 0.3) is 0 Å². The number of hydrogen-bond acceptors (Lipinski definition) is 2. The van der Waals surface area contributed by atoms with Crippen molar-refractivity contribution < 1.29 is 0 Å². The van der Waals surface area contributed by atoms with Gasteiger partial charge in [-0.1, -0.05) is 30.7 Å². The van der Waals surface area contributed by atoms with Gasteiger partial charge in [0, 0.05) is 6.54 Å². The predicted molar refractivity (Wildman–Crippen MR) is 60.1 cm³/mol. The van der Waals surface area contributed by atoms with Crippen molar-refractivity contribution in [1.29, 1.82) is 0 Å². The normalized spacial score (nSPS) is 33.5. The molecule has 1 unspecified atom stereocenters. The molecule has 0 radical (unpaired) electrons. The van der Waals surface area contributed by atoms with Crippen molar-refractivity contribution in [3.63, 3.8) is 0 Å². The second kappa shape index (κ2) is 4.28. The first kappa shape index (κ1) is 9.94. The van der Waals surface area contributed by atoms with Gasteiger partial charge in [0.05, 0.1) is 5.54 Å². The molecule has 0 aromatic rings. The molecule has 2 N–H and O–H groups in total. The summed E-state index contributed by atoms with van der Waals surface area (Å²) in [5.41, 5.74) is 6.21. The number of nitrogens with zero attached hydrogens (tertiary/aromatic N) is 1. The van der Waals surface area contributed by atoms with E-state index in [4.69, 9.17) is 5.73 Å². The lowest BCUT2D eigenvalue weighted by atomic mass is 9.91. The molecule has 2 rings (SSSR count). The van der Waals surface area contributed by atoms with Crippen LogP contribution < -0.4 is 5.73 Å². The van der Waals surface area contributed by atoms with Crippen LogP contribution in [-0.2, 0) is 0 Å². The van der Waals surface area contributed by atoms with Crippen molar-refractivity contribution in [3.05, 3.63) is 24.3 Å². The van der Waals surface area contributed by atoms with E-state index in [1.165, 1.54) is 32.4 Å². The zero-order valence-electron chi connectivity index (χ0n) is 8.78. The van der Waals surface area contributed by atoms with E-state index in [-0.39, 0.29) is 5.54 Å². The molecule has 1 aliphatic heterocycles. The second-order valence-electron chi connectivity index (χ2n) is 4.56. The van der Waals surface area contributed by atoms with Crippen molar-refractivity contribution in [2.75, 3.05) is 19.6 Å². The minimum absolute atomic E-state index is 0.105. The van der Waals surface area contributed by atoms with E-state index in [9.17, 15) is 0 Å². The van der Waals surface area contributed by atoms with Crippen LogP contribution in [0.4, 0.5) is 0 Å². The van der Waals surface area contributed by atoms with Gasteiger partial charge in [-0.05, 0) is 32.4 Å². The van der Waals surface area contributed by atoms with Crippen LogP contribution in [-0.4, -0.2) is 30.1 Å². The second-order valence-corrected chi connectivity index (χ2v) is 4.56. The molecular weight excluding hydrogens is 172 g/mol. The van der Waals surface area contributed by atoms with E-state index in [2.05, 4.69) is 29.2 Å². The zero-order chi connectivity index (χ0) is 9.86. The number of rotatable bonds is 2. The highest BCUT2D eigenvalue weighted by molar-refractivity contribution is 5.20. The highest BCUT2D eigenvalue weighted by Gasteiger charge is 2.25. The minimum Gasteiger partial charge on any atom is -0.321 e. The molecule has 14 heavy (non-hydrogen) atoms. The molecule has 0 bridgehead atoms. The van der Waals surface area contributed by atoms with Gasteiger partial charge in [-0.2, -0.15) is 0 Å². The molecule has 1 saturated heterocycles. The SMILES string of the molecule is NC1(CN2CCCCC2)C=CC=CC1. The average Bonchev–Trinajstić information content (AvgIpc) is 2.19. The van der Waals surface area contributed by atoms with E-state index >= 15 is 0 Å². The van der Waals surface area contributed by atoms with Crippen LogP contribution in [0, 0.1) is 0 Å². The summed E-state index contributed by atoms with van der Waals surface area (Å²) in [5, 5.41) is 0. The minimum atomic E-state index is -0.105. The third-order valence-electron chi connectivity index (χ3n) is 3.14. The van der Waals surface area contributed by atoms with Gasteiger partial charge in [-0.3, -0.25) is 0 Å². The monoisotopic (exact) mass is 192 g/mol. The van der Waals surface area contributed by atoms with Crippen molar-refractivity contribution in [3.8, 4) is 0 Å². The fourth-order valence-electron chi connectivity index (χ4n) is 2.33. The third-order valence-corrected chi connectivity index (χ3v) is 3.14. The summed E-state index contributed by atoms with van der Waals surface area (Å²) in [7, 11) is 0. The topological polar surface area (TPSA) is 29.3 Å². The van der Waals surface area contributed by atoms with Crippen molar-refractivity contribution >= 4 is 0 Å². The lowest BCUT2D eigenvalue weighted by molar-refractivity contribution is 0.195. The van der Waals surface area contributed by atoms with Crippen LogP contribution in [0.3, 0.4) is 0 Å². The largest absolute Gasteiger partial charge is 0.321 e. The first-order chi connectivity index (χ1) is 6.79. The van der Waals surface area contributed by atoms with Gasteiger partial charge in [-0.25, -0.2) is 0 Å². The summed E-state index contributed by atoms with van der Waals surface area (Å²) in [6, 6.07) is 0. The molecule has 2 aliphatic rings. The summed E-state index contributed by atoms with van der Waals surface area (Å²) in [5.74, 6) is 0. The lowest BCUT2D eigenvalue weighted by Crippen LogP contribution is -2.50. The number of piperidine rings is 1. The van der Waals surface area contributed by atoms with E-state index in [0.717, 1.165) is 13.0 Å². The van der Waals surface area contributed by atoms with Crippen LogP contribution in [0.5, 0.6) is 0 Å². The van der Waals surface area contributed by atoms with Gasteiger partial charge in [-0.15, -0.1) is 0 Å². The van der Waals surface area contributed by atoms with E-state index < -0.39 is 0 Å². The fraction of sp³-hybridized carbons (Fsp3) is 0.667. The first-order valence-electron chi connectivity index (χ1n) is 5.64. The van der Waals surface area contributed by atoms with Gasteiger partial charge in [0.1, 0.15) is 0 Å². The average molecular weight is 192 g/mol. The molecule has 1 fully saturated rings. The molecule has 0 spiro atoms. The summed E-state index contributed by atoms with van der Waals surface area (Å²) in [4.78, 5) is 2.51. The van der Waals surface area contributed by atoms with Gasteiger partial charge >= 0.3 is 0 Å². The highest BCUT2D eigenvalue weighted by Crippen LogP contribution is 2.18. The van der Waals surface area contributed by atoms with Gasteiger partial charge in [0.2, 0.25) is 0 Å². The molecular formula is C12H20N2. The van der Waals surface area contributed by atoms with Gasteiger partial charge < -0.3 is 10.6 Å². The Morgan fingerprint density at radius 1 is 1.14 bits per heavy atom. The Balaban J connectivity index is 1.88. The molecule has 78 valence electrons. The van der Waals surface area contributed by atoms with Crippen molar-refractivity contribution in [2.45, 2.75) is 31.2 Å². The first-order valence-corrected chi connectivity index (χ1v) is 5.64. The number of likely N-dealkylation sites (tertiary alicyclic amines) is 1. The molecule has 2 nitrogen and oxygen atoms in total. The Kier molecular flexibility index (Phi) is 3.04. The highest BCUT2D eigenvalue weighted by atomic mass is 15.1. The number of nitrogens with two attached hydrogens (primary N) is 1. The maximum Gasteiger partial charge on any atom is 0.0506 e. The van der Waals surface area contributed by atoms with E-state index in [1.54, 1.807) is 0 Å². The Morgan fingerprint density at radius 2 is 1.93 bits per heavy atom. The number of hydrogen-bond donors (Lipinski definition) is 1. The summed E-state index contributed by atoms with van der Waals surface area (Å²) >= 11 is 0. The van der Waals surface area contributed by atoms with E-state index in [1.807, 2.05) is 0 Å². The maximum absolute atomic E-state index is 6.31. The number of allylic oxidation sites excluding steroid dienone is 2. The van der Waals surface area contributed by atoms with Crippen molar-refractivity contribution in [2.24, 2.45) is 5.73 Å². The summed E-state index contributed by atoms with van der Waals surface area (Å²) in [6.07, 6.45) is 13.6. The molecule has 0 saturated carbocycles. The molecule has 1 heterocycles. The summed E-state index contributed by atoms with van der Waals surface area (Å²) in [6.45, 7) is 3.49. The van der Waals surface area contributed by atoms with Crippen LogP contribution in [0.2, 0.25) is 0 Å². The van der Waals surface area contributed by atoms with E-state index in [0.29, 0.717) is 0 Å².